The topological polar surface area (TPSA) is 78.9 Å². The van der Waals surface area contributed by atoms with Gasteiger partial charge in [-0.1, -0.05) is 6.92 Å². The summed E-state index contributed by atoms with van der Waals surface area (Å²) in [6.07, 6.45) is 1.35. The summed E-state index contributed by atoms with van der Waals surface area (Å²) >= 11 is 0. The lowest BCUT2D eigenvalue weighted by Crippen LogP contribution is -2.45. The third-order valence-electron chi connectivity index (χ3n) is 3.08. The van der Waals surface area contributed by atoms with Gasteiger partial charge < -0.3 is 20.1 Å². The minimum absolute atomic E-state index is 0.0275. The van der Waals surface area contributed by atoms with Crippen LogP contribution in [-0.2, 0) is 9.53 Å². The summed E-state index contributed by atoms with van der Waals surface area (Å²) < 4.78 is 5.45. The molecule has 1 fully saturated rings. The van der Waals surface area contributed by atoms with Gasteiger partial charge in [0.2, 0.25) is 0 Å². The molecule has 2 N–H and O–H groups in total. The van der Waals surface area contributed by atoms with E-state index >= 15 is 0 Å². The molecule has 6 heteroatoms. The number of carboxylic acids is 1. The number of ether oxygens (including phenoxy) is 1. The number of aliphatic carboxylic acids is 1. The van der Waals surface area contributed by atoms with Crippen LogP contribution in [0.1, 0.15) is 26.7 Å². The number of hydrogen-bond acceptors (Lipinski definition) is 3. The lowest BCUT2D eigenvalue weighted by atomic mass is 10.1. The third-order valence-corrected chi connectivity index (χ3v) is 3.08. The molecule has 2 amide bonds. The van der Waals surface area contributed by atoms with Crippen molar-refractivity contribution in [1.29, 1.82) is 0 Å². The number of nitrogens with one attached hydrogen (secondary N) is 1. The van der Waals surface area contributed by atoms with E-state index in [-0.39, 0.29) is 18.7 Å². The molecular formula is C12H22N2O4. The summed E-state index contributed by atoms with van der Waals surface area (Å²) in [7, 11) is 0. The van der Waals surface area contributed by atoms with Gasteiger partial charge in [-0.05, 0) is 19.8 Å². The Kier molecular flexibility index (Phi) is 5.91. The number of amides is 2. The van der Waals surface area contributed by atoms with Crippen molar-refractivity contribution in [2.45, 2.75) is 32.8 Å². The van der Waals surface area contributed by atoms with E-state index in [1.165, 1.54) is 0 Å². The van der Waals surface area contributed by atoms with E-state index in [1.807, 2.05) is 6.92 Å². The molecule has 2 atom stereocenters. The van der Waals surface area contributed by atoms with Crippen molar-refractivity contribution in [2.75, 3.05) is 26.2 Å². The normalized spacial score (nSPS) is 22.1. The first-order chi connectivity index (χ1) is 8.54. The van der Waals surface area contributed by atoms with Gasteiger partial charge in [-0.25, -0.2) is 4.79 Å². The molecule has 0 saturated carbocycles. The Bertz CT molecular complexity index is 296. The Hall–Kier alpha value is -1.30. The van der Waals surface area contributed by atoms with Crippen molar-refractivity contribution in [3.63, 3.8) is 0 Å². The van der Waals surface area contributed by atoms with E-state index in [0.29, 0.717) is 26.1 Å². The predicted octanol–water partition coefficient (Wildman–Crippen LogP) is 0.918. The summed E-state index contributed by atoms with van der Waals surface area (Å²) in [5.41, 5.74) is 0. The largest absolute Gasteiger partial charge is 0.481 e. The van der Waals surface area contributed by atoms with Crippen LogP contribution in [0.25, 0.3) is 0 Å². The van der Waals surface area contributed by atoms with Crippen LogP contribution in [0.15, 0.2) is 0 Å². The molecule has 2 unspecified atom stereocenters. The molecule has 1 saturated heterocycles. The molecule has 1 heterocycles. The Morgan fingerprint density at radius 3 is 2.89 bits per heavy atom. The summed E-state index contributed by atoms with van der Waals surface area (Å²) in [4.78, 5) is 24.4. The zero-order chi connectivity index (χ0) is 13.5. The van der Waals surface area contributed by atoms with Gasteiger partial charge >= 0.3 is 12.0 Å². The molecule has 104 valence electrons. The number of carbonyl (C=O) groups is 2. The second-order valence-electron chi connectivity index (χ2n) is 4.61. The molecule has 1 aliphatic heterocycles. The van der Waals surface area contributed by atoms with E-state index in [4.69, 9.17) is 9.84 Å². The molecule has 0 bridgehead atoms. The highest BCUT2D eigenvalue weighted by molar-refractivity contribution is 5.76. The van der Waals surface area contributed by atoms with Gasteiger partial charge in [0.15, 0.2) is 0 Å². The van der Waals surface area contributed by atoms with Crippen molar-refractivity contribution in [3.8, 4) is 0 Å². The molecule has 6 nitrogen and oxygen atoms in total. The Balaban J connectivity index is 2.41. The fourth-order valence-electron chi connectivity index (χ4n) is 1.91. The number of carboxylic acid groups (broad SMARTS) is 1. The summed E-state index contributed by atoms with van der Waals surface area (Å²) in [5, 5.41) is 11.6. The Morgan fingerprint density at radius 2 is 2.28 bits per heavy atom. The van der Waals surface area contributed by atoms with Crippen LogP contribution in [0.4, 0.5) is 4.79 Å². The first kappa shape index (κ1) is 14.8. The number of rotatable bonds is 4. The molecule has 0 spiro atoms. The number of carbonyl (C=O) groups excluding carboxylic acids is 1. The van der Waals surface area contributed by atoms with Gasteiger partial charge in [0.1, 0.15) is 0 Å². The molecule has 18 heavy (non-hydrogen) atoms. The van der Waals surface area contributed by atoms with Gasteiger partial charge in [0.25, 0.3) is 0 Å². The highest BCUT2D eigenvalue weighted by Gasteiger charge is 2.21. The lowest BCUT2D eigenvalue weighted by Gasteiger charge is -2.23. The highest BCUT2D eigenvalue weighted by Crippen LogP contribution is 2.06. The molecule has 0 aromatic heterocycles. The number of urea groups is 1. The maximum absolute atomic E-state index is 11.9. The van der Waals surface area contributed by atoms with Crippen LogP contribution in [0, 0.1) is 5.92 Å². The molecule has 1 rings (SSSR count). The first-order valence-corrected chi connectivity index (χ1v) is 6.41. The molecule has 0 radical (unpaired) electrons. The number of hydrogen-bond donors (Lipinski definition) is 2. The van der Waals surface area contributed by atoms with E-state index in [9.17, 15) is 9.59 Å². The van der Waals surface area contributed by atoms with Crippen molar-refractivity contribution in [3.05, 3.63) is 0 Å². The zero-order valence-electron chi connectivity index (χ0n) is 11.0. The van der Waals surface area contributed by atoms with Crippen molar-refractivity contribution in [1.82, 2.24) is 10.2 Å². The zero-order valence-corrected chi connectivity index (χ0v) is 11.0. The van der Waals surface area contributed by atoms with E-state index in [1.54, 1.807) is 11.8 Å². The Morgan fingerprint density at radius 1 is 1.56 bits per heavy atom. The van der Waals surface area contributed by atoms with Crippen LogP contribution in [0.5, 0.6) is 0 Å². The maximum atomic E-state index is 11.9. The van der Waals surface area contributed by atoms with Crippen molar-refractivity contribution < 1.29 is 19.4 Å². The standard InChI is InChI=1S/C12H22N2O4/c1-3-10(11(15)16)7-13-12(17)14-5-4-6-18-9(2)8-14/h9-10H,3-8H2,1-2H3,(H,13,17)(H,15,16). The monoisotopic (exact) mass is 258 g/mol. The fraction of sp³-hybridized carbons (Fsp3) is 0.833. The van der Waals surface area contributed by atoms with Crippen molar-refractivity contribution >= 4 is 12.0 Å². The van der Waals surface area contributed by atoms with Gasteiger partial charge in [-0.2, -0.15) is 0 Å². The molecule has 1 aliphatic rings. The second kappa shape index (κ2) is 7.20. The van der Waals surface area contributed by atoms with Crippen LogP contribution in [0.2, 0.25) is 0 Å². The maximum Gasteiger partial charge on any atom is 0.317 e. The molecule has 0 aromatic rings. The fourth-order valence-corrected chi connectivity index (χ4v) is 1.91. The molecular weight excluding hydrogens is 236 g/mol. The van der Waals surface area contributed by atoms with Gasteiger partial charge in [0, 0.05) is 26.2 Å². The van der Waals surface area contributed by atoms with Gasteiger partial charge in [0.05, 0.1) is 12.0 Å². The van der Waals surface area contributed by atoms with Crippen LogP contribution in [-0.4, -0.2) is 54.4 Å². The summed E-state index contributed by atoms with van der Waals surface area (Å²) in [6.45, 7) is 5.77. The molecule has 0 aliphatic carbocycles. The van der Waals surface area contributed by atoms with Gasteiger partial charge in [-0.3, -0.25) is 4.79 Å². The summed E-state index contributed by atoms with van der Waals surface area (Å²) in [5.74, 6) is -1.39. The van der Waals surface area contributed by atoms with Crippen LogP contribution in [0.3, 0.4) is 0 Å². The lowest BCUT2D eigenvalue weighted by molar-refractivity contribution is -0.141. The first-order valence-electron chi connectivity index (χ1n) is 6.41. The van der Waals surface area contributed by atoms with E-state index in [2.05, 4.69) is 5.32 Å². The third kappa shape index (κ3) is 4.52. The number of nitrogens with zero attached hydrogens (tertiary/aromatic N) is 1. The minimum Gasteiger partial charge on any atom is -0.481 e. The molecule has 0 aromatic carbocycles. The average molecular weight is 258 g/mol. The Labute approximate surface area is 107 Å². The van der Waals surface area contributed by atoms with Crippen LogP contribution >= 0.6 is 0 Å². The van der Waals surface area contributed by atoms with Crippen molar-refractivity contribution in [2.24, 2.45) is 5.92 Å². The predicted molar refractivity (Wildman–Crippen MR) is 66.4 cm³/mol. The minimum atomic E-state index is -0.870. The quantitative estimate of drug-likeness (QED) is 0.786. The second-order valence-corrected chi connectivity index (χ2v) is 4.61. The summed E-state index contributed by atoms with van der Waals surface area (Å²) in [6, 6.07) is -0.202. The SMILES string of the molecule is CCC(CNC(=O)N1CCCOC(C)C1)C(=O)O. The van der Waals surface area contributed by atoms with E-state index in [0.717, 1.165) is 6.42 Å². The van der Waals surface area contributed by atoms with Gasteiger partial charge in [-0.15, -0.1) is 0 Å². The average Bonchev–Trinajstić information content (AvgIpc) is 2.54. The highest BCUT2D eigenvalue weighted by atomic mass is 16.5. The van der Waals surface area contributed by atoms with E-state index < -0.39 is 11.9 Å². The smallest absolute Gasteiger partial charge is 0.317 e. The van der Waals surface area contributed by atoms with Crippen LogP contribution < -0.4 is 5.32 Å².